The van der Waals surface area contributed by atoms with Crippen LogP contribution in [0.3, 0.4) is 0 Å². The maximum Gasteiger partial charge on any atom is 0.261 e. The van der Waals surface area contributed by atoms with Crippen molar-refractivity contribution in [2.24, 2.45) is 17.8 Å². The zero-order valence-electron chi connectivity index (χ0n) is 16.0. The van der Waals surface area contributed by atoms with Gasteiger partial charge in [0.2, 0.25) is 0 Å². The van der Waals surface area contributed by atoms with Crippen LogP contribution < -0.4 is 4.74 Å². The summed E-state index contributed by atoms with van der Waals surface area (Å²) in [6.45, 7) is 0.308. The average molecular weight is 383 g/mol. The summed E-state index contributed by atoms with van der Waals surface area (Å²) in [7, 11) is 0. The van der Waals surface area contributed by atoms with Crippen molar-refractivity contribution in [3.8, 4) is 5.75 Å². The molecule has 1 amide bonds. The minimum atomic E-state index is -0.442. The monoisotopic (exact) mass is 383 g/mol. The number of halogens is 1. The first kappa shape index (κ1) is 17.8. The number of furan rings is 1. The standard InChI is InChI=1S/C23H26FNO3/c24-20-5-1-2-6-21(20)28-15-22(26)25(14-19-4-3-7-27-19)23-11-16-8-17(12-23)10-18(9-16)13-23/h1-7,16-18H,8-15H2. The molecular weight excluding hydrogens is 357 g/mol. The smallest absolute Gasteiger partial charge is 0.261 e. The van der Waals surface area contributed by atoms with Crippen molar-refractivity contribution in [1.82, 2.24) is 4.90 Å². The van der Waals surface area contributed by atoms with E-state index in [4.69, 9.17) is 9.15 Å². The normalized spacial score (nSPS) is 30.4. The molecule has 0 atom stereocenters. The Kier molecular flexibility index (Phi) is 4.41. The third kappa shape index (κ3) is 3.21. The highest BCUT2D eigenvalue weighted by Gasteiger charge is 2.54. The van der Waals surface area contributed by atoms with Crippen LogP contribution in [0.25, 0.3) is 0 Å². The lowest BCUT2D eigenvalue weighted by Crippen LogP contribution is -2.61. The van der Waals surface area contributed by atoms with E-state index in [2.05, 4.69) is 0 Å². The van der Waals surface area contributed by atoms with Gasteiger partial charge in [0.1, 0.15) is 5.76 Å². The largest absolute Gasteiger partial charge is 0.481 e. The van der Waals surface area contributed by atoms with Crippen LogP contribution in [0.5, 0.6) is 5.75 Å². The molecule has 4 aliphatic rings. The van der Waals surface area contributed by atoms with Crippen molar-refractivity contribution in [1.29, 1.82) is 0 Å². The molecule has 0 aliphatic heterocycles. The van der Waals surface area contributed by atoms with E-state index in [-0.39, 0.29) is 23.8 Å². The molecule has 1 heterocycles. The van der Waals surface area contributed by atoms with E-state index in [9.17, 15) is 9.18 Å². The Morgan fingerprint density at radius 3 is 2.36 bits per heavy atom. The highest BCUT2D eigenvalue weighted by atomic mass is 19.1. The van der Waals surface area contributed by atoms with E-state index in [1.165, 1.54) is 25.3 Å². The van der Waals surface area contributed by atoms with Crippen LogP contribution in [-0.4, -0.2) is 23.0 Å². The molecule has 148 valence electrons. The number of hydrogen-bond acceptors (Lipinski definition) is 3. The first-order chi connectivity index (χ1) is 13.6. The summed E-state index contributed by atoms with van der Waals surface area (Å²) in [5.41, 5.74) is -0.1000. The van der Waals surface area contributed by atoms with Gasteiger partial charge in [-0.3, -0.25) is 4.79 Å². The average Bonchev–Trinajstić information content (AvgIpc) is 3.17. The molecule has 4 saturated carbocycles. The van der Waals surface area contributed by atoms with E-state index in [1.807, 2.05) is 17.0 Å². The molecule has 0 radical (unpaired) electrons. The van der Waals surface area contributed by atoms with Crippen molar-refractivity contribution in [2.45, 2.75) is 50.6 Å². The quantitative estimate of drug-likeness (QED) is 0.720. The van der Waals surface area contributed by atoms with Crippen molar-refractivity contribution in [3.63, 3.8) is 0 Å². The number of amides is 1. The molecule has 28 heavy (non-hydrogen) atoms. The van der Waals surface area contributed by atoms with Crippen LogP contribution in [0, 0.1) is 23.6 Å². The van der Waals surface area contributed by atoms with Gasteiger partial charge in [-0.15, -0.1) is 0 Å². The Bertz CT molecular complexity index is 812. The summed E-state index contributed by atoms with van der Waals surface area (Å²) in [5.74, 6) is 2.57. The second-order valence-electron chi connectivity index (χ2n) is 8.92. The lowest BCUT2D eigenvalue weighted by molar-refractivity contribution is -0.155. The molecular formula is C23H26FNO3. The fourth-order valence-corrected chi connectivity index (χ4v) is 6.25. The van der Waals surface area contributed by atoms with Gasteiger partial charge < -0.3 is 14.1 Å². The van der Waals surface area contributed by atoms with Crippen LogP contribution in [0.15, 0.2) is 47.1 Å². The molecule has 5 heteroatoms. The summed E-state index contributed by atoms with van der Waals surface area (Å²) in [6.07, 6.45) is 8.81. The molecule has 6 rings (SSSR count). The maximum absolute atomic E-state index is 13.9. The van der Waals surface area contributed by atoms with Gasteiger partial charge in [-0.2, -0.15) is 0 Å². The second-order valence-corrected chi connectivity index (χ2v) is 8.92. The number of carbonyl (C=O) groups is 1. The highest BCUT2D eigenvalue weighted by molar-refractivity contribution is 5.78. The van der Waals surface area contributed by atoms with Crippen LogP contribution >= 0.6 is 0 Å². The van der Waals surface area contributed by atoms with Gasteiger partial charge in [0, 0.05) is 5.54 Å². The number of carbonyl (C=O) groups excluding carboxylic acids is 1. The van der Waals surface area contributed by atoms with Crippen LogP contribution in [0.4, 0.5) is 4.39 Å². The summed E-state index contributed by atoms with van der Waals surface area (Å²) >= 11 is 0. The zero-order valence-corrected chi connectivity index (χ0v) is 16.0. The van der Waals surface area contributed by atoms with E-state index < -0.39 is 5.82 Å². The van der Waals surface area contributed by atoms with E-state index in [0.717, 1.165) is 42.8 Å². The van der Waals surface area contributed by atoms with Gasteiger partial charge in [0.05, 0.1) is 12.8 Å². The summed E-state index contributed by atoms with van der Waals surface area (Å²) < 4.78 is 25.0. The van der Waals surface area contributed by atoms with Gasteiger partial charge >= 0.3 is 0 Å². The first-order valence-electron chi connectivity index (χ1n) is 10.3. The second kappa shape index (κ2) is 6.94. The van der Waals surface area contributed by atoms with Crippen molar-refractivity contribution >= 4 is 5.91 Å². The van der Waals surface area contributed by atoms with E-state index >= 15 is 0 Å². The van der Waals surface area contributed by atoms with Gasteiger partial charge in [-0.25, -0.2) is 4.39 Å². The number of benzene rings is 1. The lowest BCUT2D eigenvalue weighted by Gasteiger charge is -2.60. The number of rotatable bonds is 6. The van der Waals surface area contributed by atoms with Gasteiger partial charge in [0.25, 0.3) is 5.91 Å². The Morgan fingerprint density at radius 1 is 1.07 bits per heavy atom. The molecule has 2 aromatic rings. The van der Waals surface area contributed by atoms with Crippen LogP contribution in [0.2, 0.25) is 0 Å². The Hall–Kier alpha value is -2.30. The number of hydrogen-bond donors (Lipinski definition) is 0. The topological polar surface area (TPSA) is 42.7 Å². The van der Waals surface area contributed by atoms with Crippen molar-refractivity contribution in [2.75, 3.05) is 6.61 Å². The molecule has 4 bridgehead atoms. The van der Waals surface area contributed by atoms with Crippen LogP contribution in [-0.2, 0) is 11.3 Å². The summed E-state index contributed by atoms with van der Waals surface area (Å²) in [4.78, 5) is 15.3. The van der Waals surface area contributed by atoms with E-state index in [0.29, 0.717) is 6.54 Å². The molecule has 0 N–H and O–H groups in total. The minimum Gasteiger partial charge on any atom is -0.481 e. The lowest BCUT2D eigenvalue weighted by atomic mass is 9.52. The number of para-hydroxylation sites is 1. The molecule has 1 aromatic heterocycles. The molecule has 0 spiro atoms. The minimum absolute atomic E-state index is 0.0818. The fraction of sp³-hybridized carbons (Fsp3) is 0.522. The third-order valence-corrected chi connectivity index (χ3v) is 6.96. The Morgan fingerprint density at radius 2 is 1.75 bits per heavy atom. The van der Waals surface area contributed by atoms with Crippen molar-refractivity contribution < 1.29 is 18.3 Å². The van der Waals surface area contributed by atoms with Gasteiger partial charge in [-0.1, -0.05) is 12.1 Å². The fourth-order valence-electron chi connectivity index (χ4n) is 6.25. The van der Waals surface area contributed by atoms with Crippen molar-refractivity contribution in [3.05, 3.63) is 54.2 Å². The molecule has 0 saturated heterocycles. The summed E-state index contributed by atoms with van der Waals surface area (Å²) in [6, 6.07) is 10.0. The molecule has 4 aliphatic carbocycles. The van der Waals surface area contributed by atoms with Gasteiger partial charge in [-0.05, 0) is 80.5 Å². The van der Waals surface area contributed by atoms with Gasteiger partial charge in [0.15, 0.2) is 18.2 Å². The third-order valence-electron chi connectivity index (χ3n) is 6.96. The molecule has 1 aromatic carbocycles. The molecule has 4 nitrogen and oxygen atoms in total. The molecule has 0 unspecified atom stereocenters. The Balaban J connectivity index is 1.38. The number of ether oxygens (including phenoxy) is 1. The maximum atomic E-state index is 13.9. The summed E-state index contributed by atoms with van der Waals surface area (Å²) in [5, 5.41) is 0. The molecule has 4 fully saturated rings. The number of nitrogens with zero attached hydrogens (tertiary/aromatic N) is 1. The zero-order chi connectivity index (χ0) is 19.1. The predicted octanol–water partition coefficient (Wildman–Crippen LogP) is 4.80. The Labute approximate surface area is 164 Å². The van der Waals surface area contributed by atoms with Crippen LogP contribution in [0.1, 0.15) is 44.3 Å². The predicted molar refractivity (Wildman–Crippen MR) is 102 cm³/mol. The van der Waals surface area contributed by atoms with E-state index in [1.54, 1.807) is 24.5 Å². The SMILES string of the molecule is O=C(COc1ccccc1F)N(Cc1ccco1)C12CC3CC(CC(C3)C1)C2. The highest BCUT2D eigenvalue weighted by Crippen LogP contribution is 2.58. The first-order valence-corrected chi connectivity index (χ1v) is 10.3.